The molecule has 0 saturated carbocycles. The highest BCUT2D eigenvalue weighted by molar-refractivity contribution is 7.93. The third-order valence-electron chi connectivity index (χ3n) is 5.28. The lowest BCUT2D eigenvalue weighted by Gasteiger charge is -2.25. The lowest BCUT2D eigenvalue weighted by molar-refractivity contribution is -0.119. The molecule has 0 bridgehead atoms. The van der Waals surface area contributed by atoms with Crippen LogP contribution >= 0.6 is 0 Å². The average molecular weight is 471 g/mol. The van der Waals surface area contributed by atoms with Gasteiger partial charge in [0.15, 0.2) is 0 Å². The van der Waals surface area contributed by atoms with Crippen molar-refractivity contribution in [1.82, 2.24) is 14.9 Å². The van der Waals surface area contributed by atoms with Gasteiger partial charge in [0.1, 0.15) is 17.2 Å². The molecule has 0 saturated heterocycles. The highest BCUT2D eigenvalue weighted by atomic mass is 32.2. The first-order chi connectivity index (χ1) is 15.8. The van der Waals surface area contributed by atoms with Gasteiger partial charge in [-0.25, -0.2) is 13.4 Å². The Balaban J connectivity index is 1.83. The molecule has 1 amide bonds. The smallest absolute Gasteiger partial charge is 0.268 e. The lowest BCUT2D eigenvalue weighted by atomic mass is 10.1. The second-order valence-corrected chi connectivity index (χ2v) is 9.52. The molecule has 1 aromatic heterocycles. The summed E-state index contributed by atoms with van der Waals surface area (Å²) >= 11 is 0. The quantitative estimate of drug-likeness (QED) is 0.435. The Labute approximate surface area is 195 Å². The highest BCUT2D eigenvalue weighted by Gasteiger charge is 2.30. The molecule has 0 aliphatic carbocycles. The first kappa shape index (κ1) is 24.3. The van der Waals surface area contributed by atoms with Crippen LogP contribution < -0.4 is 14.4 Å². The van der Waals surface area contributed by atoms with E-state index < -0.39 is 10.0 Å². The Morgan fingerprint density at radius 3 is 2.58 bits per heavy atom. The van der Waals surface area contributed by atoms with Gasteiger partial charge >= 0.3 is 0 Å². The zero-order chi connectivity index (χ0) is 23.8. The van der Waals surface area contributed by atoms with Crippen molar-refractivity contribution < 1.29 is 17.9 Å². The summed E-state index contributed by atoms with van der Waals surface area (Å²) in [7, 11) is -2.64. The van der Waals surface area contributed by atoms with Gasteiger partial charge in [0, 0.05) is 25.5 Å². The van der Waals surface area contributed by atoms with Crippen molar-refractivity contribution in [2.45, 2.75) is 38.1 Å². The van der Waals surface area contributed by atoms with E-state index in [9.17, 15) is 13.2 Å². The van der Waals surface area contributed by atoms with Gasteiger partial charge in [-0.2, -0.15) is 0 Å². The Kier molecular flexibility index (Phi) is 8.11. The number of aromatic nitrogens is 2. The maximum Gasteiger partial charge on any atom is 0.268 e. The molecule has 1 heterocycles. The molecule has 0 aliphatic rings. The van der Waals surface area contributed by atoms with Crippen molar-refractivity contribution in [1.29, 1.82) is 0 Å². The number of methoxy groups -OCH3 is 1. The number of carbonyl (C=O) groups is 1. The van der Waals surface area contributed by atoms with Gasteiger partial charge in [-0.05, 0) is 55.2 Å². The van der Waals surface area contributed by atoms with E-state index in [0.29, 0.717) is 25.2 Å². The molecule has 0 spiro atoms. The molecule has 9 heteroatoms. The number of aryl methyl sites for hydroxylation is 3. The number of anilines is 1. The van der Waals surface area contributed by atoms with Gasteiger partial charge in [-0.1, -0.05) is 25.1 Å². The number of nitrogens with one attached hydrogen (secondary N) is 1. The number of sulfonamides is 1. The highest BCUT2D eigenvalue weighted by Crippen LogP contribution is 2.31. The molecular weight excluding hydrogens is 440 g/mol. The standard InChI is InChI=1S/C24H30N4O4S/c1-4-20-7-9-21(10-8-20)28(17-24(29)26-12-5-14-27-15-13-25-18-27)33(30,31)23-16-19(2)6-11-22(23)32-3/h6-11,13,15-16,18H,4-5,12,14,17H2,1-3H3,(H,26,29). The summed E-state index contributed by atoms with van der Waals surface area (Å²) in [6.45, 7) is 4.63. The molecule has 0 radical (unpaired) electrons. The van der Waals surface area contributed by atoms with E-state index in [-0.39, 0.29) is 23.1 Å². The number of hydrogen-bond donors (Lipinski definition) is 1. The topological polar surface area (TPSA) is 93.5 Å². The van der Waals surface area contributed by atoms with Gasteiger partial charge in [0.2, 0.25) is 5.91 Å². The number of imidazole rings is 1. The summed E-state index contributed by atoms with van der Waals surface area (Å²) in [4.78, 5) is 16.8. The van der Waals surface area contributed by atoms with E-state index >= 15 is 0 Å². The van der Waals surface area contributed by atoms with E-state index in [0.717, 1.165) is 21.9 Å². The van der Waals surface area contributed by atoms with E-state index in [4.69, 9.17) is 4.74 Å². The van der Waals surface area contributed by atoms with Crippen LogP contribution in [0.25, 0.3) is 0 Å². The third-order valence-corrected chi connectivity index (χ3v) is 7.08. The molecule has 0 fully saturated rings. The molecule has 0 unspecified atom stereocenters. The van der Waals surface area contributed by atoms with Crippen LogP contribution in [0.15, 0.2) is 66.1 Å². The van der Waals surface area contributed by atoms with Crippen molar-refractivity contribution in [2.75, 3.05) is 24.5 Å². The van der Waals surface area contributed by atoms with E-state index in [2.05, 4.69) is 10.3 Å². The first-order valence-electron chi connectivity index (χ1n) is 10.8. The Morgan fingerprint density at radius 1 is 1.18 bits per heavy atom. The fourth-order valence-corrected chi connectivity index (χ4v) is 5.08. The normalized spacial score (nSPS) is 11.2. The largest absolute Gasteiger partial charge is 0.495 e. The molecular formula is C24H30N4O4S. The van der Waals surface area contributed by atoms with Gasteiger partial charge < -0.3 is 14.6 Å². The zero-order valence-electron chi connectivity index (χ0n) is 19.2. The molecule has 176 valence electrons. The summed E-state index contributed by atoms with van der Waals surface area (Å²) in [5, 5.41) is 2.82. The van der Waals surface area contributed by atoms with Crippen molar-refractivity contribution in [3.8, 4) is 5.75 Å². The number of amides is 1. The Hall–Kier alpha value is -3.33. The van der Waals surface area contributed by atoms with Crippen LogP contribution in [0, 0.1) is 6.92 Å². The molecule has 33 heavy (non-hydrogen) atoms. The third kappa shape index (κ3) is 6.13. The van der Waals surface area contributed by atoms with Crippen LogP contribution in [-0.4, -0.2) is 44.1 Å². The molecule has 3 rings (SSSR count). The minimum absolute atomic E-state index is 0.0254. The number of nitrogens with zero attached hydrogens (tertiary/aromatic N) is 3. The number of carbonyl (C=O) groups excluding carboxylic acids is 1. The fourth-order valence-electron chi connectivity index (χ4n) is 3.41. The molecule has 0 atom stereocenters. The molecule has 8 nitrogen and oxygen atoms in total. The van der Waals surface area contributed by atoms with E-state index in [1.807, 2.05) is 36.7 Å². The van der Waals surface area contributed by atoms with Crippen molar-refractivity contribution in [3.05, 3.63) is 72.3 Å². The van der Waals surface area contributed by atoms with Crippen LogP contribution in [0.1, 0.15) is 24.5 Å². The Morgan fingerprint density at radius 2 is 1.94 bits per heavy atom. The van der Waals surface area contributed by atoms with Gasteiger partial charge in [0.05, 0.1) is 19.1 Å². The monoisotopic (exact) mass is 470 g/mol. The van der Waals surface area contributed by atoms with Crippen LogP contribution in [0.4, 0.5) is 5.69 Å². The van der Waals surface area contributed by atoms with Gasteiger partial charge in [-0.3, -0.25) is 9.10 Å². The minimum atomic E-state index is -4.06. The van der Waals surface area contributed by atoms with Gasteiger partial charge in [-0.15, -0.1) is 0 Å². The summed E-state index contributed by atoms with van der Waals surface area (Å²) in [6.07, 6.45) is 6.79. The van der Waals surface area contributed by atoms with Gasteiger partial charge in [0.25, 0.3) is 10.0 Å². The van der Waals surface area contributed by atoms with E-state index in [1.54, 1.807) is 42.9 Å². The number of hydrogen-bond acceptors (Lipinski definition) is 5. The van der Waals surface area contributed by atoms with E-state index in [1.165, 1.54) is 7.11 Å². The number of ether oxygens (including phenoxy) is 1. The summed E-state index contributed by atoms with van der Waals surface area (Å²) < 4.78 is 35.8. The van der Waals surface area contributed by atoms with Crippen molar-refractivity contribution >= 4 is 21.6 Å². The van der Waals surface area contributed by atoms with Crippen LogP contribution in [-0.2, 0) is 27.8 Å². The second kappa shape index (κ2) is 11.0. The average Bonchev–Trinajstić information content (AvgIpc) is 3.34. The van der Waals surface area contributed by atoms with Crippen LogP contribution in [0.5, 0.6) is 5.75 Å². The molecule has 2 aromatic carbocycles. The summed E-state index contributed by atoms with van der Waals surface area (Å²) in [6, 6.07) is 12.2. The predicted molar refractivity (Wildman–Crippen MR) is 128 cm³/mol. The number of rotatable bonds is 11. The van der Waals surface area contributed by atoms with Crippen molar-refractivity contribution in [2.24, 2.45) is 0 Å². The van der Waals surface area contributed by atoms with Crippen LogP contribution in [0.2, 0.25) is 0 Å². The zero-order valence-corrected chi connectivity index (χ0v) is 20.0. The lowest BCUT2D eigenvalue weighted by Crippen LogP contribution is -2.41. The maximum absolute atomic E-state index is 13.7. The second-order valence-electron chi connectivity index (χ2n) is 7.69. The van der Waals surface area contributed by atoms with Crippen LogP contribution in [0.3, 0.4) is 0 Å². The summed E-state index contributed by atoms with van der Waals surface area (Å²) in [5.74, 6) is -0.146. The molecule has 1 N–H and O–H groups in total. The summed E-state index contributed by atoms with van der Waals surface area (Å²) in [5.41, 5.74) is 2.28. The number of benzene rings is 2. The fraction of sp³-hybridized carbons (Fsp3) is 0.333. The predicted octanol–water partition coefficient (Wildman–Crippen LogP) is 3.16. The minimum Gasteiger partial charge on any atom is -0.495 e. The maximum atomic E-state index is 13.7. The SMILES string of the molecule is CCc1ccc(N(CC(=O)NCCCn2ccnc2)S(=O)(=O)c2cc(C)ccc2OC)cc1. The molecule has 0 aliphatic heterocycles. The van der Waals surface area contributed by atoms with Crippen molar-refractivity contribution in [3.63, 3.8) is 0 Å². The Bertz CT molecular complexity index is 1160. The molecule has 3 aromatic rings. The first-order valence-corrected chi connectivity index (χ1v) is 12.3.